The minimum Gasteiger partial charge on any atom is -0.356 e. The van der Waals surface area contributed by atoms with E-state index in [0.29, 0.717) is 6.04 Å². The predicted octanol–water partition coefficient (Wildman–Crippen LogP) is 3.99. The van der Waals surface area contributed by atoms with Gasteiger partial charge >= 0.3 is 0 Å². The van der Waals surface area contributed by atoms with Crippen molar-refractivity contribution in [2.24, 2.45) is 4.99 Å². The second kappa shape index (κ2) is 11.3. The maximum absolute atomic E-state index is 4.49. The van der Waals surface area contributed by atoms with Crippen LogP contribution < -0.4 is 10.6 Å². The molecule has 0 saturated carbocycles. The van der Waals surface area contributed by atoms with Gasteiger partial charge in [0, 0.05) is 50.2 Å². The van der Waals surface area contributed by atoms with Gasteiger partial charge in [-0.25, -0.2) is 4.98 Å². The molecule has 1 aromatic heterocycles. The third-order valence-corrected chi connectivity index (χ3v) is 6.88. The fraction of sp³-hybridized carbons (Fsp3) is 0.565. The molecule has 2 heterocycles. The van der Waals surface area contributed by atoms with Crippen molar-refractivity contribution in [3.63, 3.8) is 0 Å². The van der Waals surface area contributed by atoms with E-state index in [2.05, 4.69) is 63.6 Å². The summed E-state index contributed by atoms with van der Waals surface area (Å²) in [4.78, 5) is 12.8. The zero-order valence-electron chi connectivity index (χ0n) is 18.1. The van der Waals surface area contributed by atoms with Crippen molar-refractivity contribution in [1.82, 2.24) is 20.5 Å². The largest absolute Gasteiger partial charge is 0.356 e. The first kappa shape index (κ1) is 21.8. The fourth-order valence-electron chi connectivity index (χ4n) is 3.81. The van der Waals surface area contributed by atoms with Crippen molar-refractivity contribution in [2.45, 2.75) is 65.1 Å². The summed E-state index contributed by atoms with van der Waals surface area (Å²) >= 11 is 1.80. The van der Waals surface area contributed by atoms with E-state index in [1.807, 2.05) is 13.2 Å². The van der Waals surface area contributed by atoms with Gasteiger partial charge in [-0.1, -0.05) is 37.6 Å². The highest BCUT2D eigenvalue weighted by atomic mass is 32.1. The van der Waals surface area contributed by atoms with Crippen molar-refractivity contribution in [2.75, 3.05) is 20.1 Å². The molecule has 0 bridgehead atoms. The summed E-state index contributed by atoms with van der Waals surface area (Å²) < 4.78 is 0. The molecule has 0 aliphatic carbocycles. The molecule has 29 heavy (non-hydrogen) atoms. The Morgan fingerprint density at radius 1 is 1.24 bits per heavy atom. The normalized spacial score (nSPS) is 18.0. The van der Waals surface area contributed by atoms with Gasteiger partial charge in [0.25, 0.3) is 0 Å². The summed E-state index contributed by atoms with van der Waals surface area (Å²) in [5.74, 6) is 0.846. The summed E-state index contributed by atoms with van der Waals surface area (Å²) in [5, 5.41) is 8.08. The Morgan fingerprint density at radius 3 is 2.79 bits per heavy atom. The van der Waals surface area contributed by atoms with E-state index < -0.39 is 0 Å². The minimum atomic E-state index is 0.679. The molecule has 0 radical (unpaired) electrons. The third-order valence-electron chi connectivity index (χ3n) is 5.68. The molecular weight excluding hydrogens is 378 g/mol. The lowest BCUT2D eigenvalue weighted by Crippen LogP contribution is -2.39. The number of aliphatic imine (C=N–C) groups is 1. The lowest BCUT2D eigenvalue weighted by molar-refractivity contribution is 0.152. The highest BCUT2D eigenvalue weighted by molar-refractivity contribution is 7.11. The van der Waals surface area contributed by atoms with Crippen molar-refractivity contribution in [3.8, 4) is 0 Å². The molecule has 6 heteroatoms. The quantitative estimate of drug-likeness (QED) is 0.508. The summed E-state index contributed by atoms with van der Waals surface area (Å²) in [7, 11) is 1.83. The first-order valence-corrected chi connectivity index (χ1v) is 11.7. The average Bonchev–Trinajstić information content (AvgIpc) is 3.21. The van der Waals surface area contributed by atoms with E-state index in [-0.39, 0.29) is 0 Å². The van der Waals surface area contributed by atoms with Crippen molar-refractivity contribution >= 4 is 17.3 Å². The lowest BCUT2D eigenvalue weighted by atomic mass is 10.0. The molecule has 1 unspecified atom stereocenters. The smallest absolute Gasteiger partial charge is 0.191 e. The van der Waals surface area contributed by atoms with Crippen LogP contribution in [-0.2, 0) is 25.9 Å². The molecular formula is C23H35N5S. The van der Waals surface area contributed by atoms with E-state index >= 15 is 0 Å². The summed E-state index contributed by atoms with van der Waals surface area (Å²) in [6, 6.07) is 9.45. The van der Waals surface area contributed by atoms with E-state index in [1.165, 1.54) is 46.8 Å². The molecule has 1 aromatic carbocycles. The van der Waals surface area contributed by atoms with Crippen LogP contribution >= 0.6 is 11.3 Å². The molecule has 0 spiro atoms. The van der Waals surface area contributed by atoms with Crippen molar-refractivity contribution in [1.29, 1.82) is 0 Å². The molecule has 1 aliphatic heterocycles. The highest BCUT2D eigenvalue weighted by Gasteiger charge is 2.19. The Labute approximate surface area is 179 Å². The maximum atomic E-state index is 4.49. The van der Waals surface area contributed by atoms with Crippen molar-refractivity contribution in [3.05, 3.63) is 51.5 Å². The van der Waals surface area contributed by atoms with E-state index in [1.54, 1.807) is 11.3 Å². The van der Waals surface area contributed by atoms with Crippen LogP contribution in [0.1, 0.15) is 54.1 Å². The van der Waals surface area contributed by atoms with Crippen LogP contribution in [-0.4, -0.2) is 42.0 Å². The molecule has 1 aliphatic rings. The van der Waals surface area contributed by atoms with Crippen LogP contribution in [0.15, 0.2) is 35.5 Å². The molecule has 1 fully saturated rings. The van der Waals surface area contributed by atoms with Gasteiger partial charge in [-0.2, -0.15) is 0 Å². The topological polar surface area (TPSA) is 52.6 Å². The standard InChI is InChI=1S/C23H35N5S/c1-4-21-16-26-22(29-21)12-13-25-23(24-3)27-15-19-10-5-6-11-20(19)17-28-14-8-7-9-18(28)2/h5-6,10-11,16,18H,4,7-9,12-15,17H2,1-3H3,(H2,24,25,27). The van der Waals surface area contributed by atoms with Gasteiger partial charge in [0.2, 0.25) is 0 Å². The van der Waals surface area contributed by atoms with Crippen LogP contribution in [0.3, 0.4) is 0 Å². The number of nitrogens with zero attached hydrogens (tertiary/aromatic N) is 3. The molecule has 2 N–H and O–H groups in total. The minimum absolute atomic E-state index is 0.679. The third kappa shape index (κ3) is 6.54. The van der Waals surface area contributed by atoms with Gasteiger partial charge in [-0.05, 0) is 43.9 Å². The molecule has 3 rings (SSSR count). The summed E-state index contributed by atoms with van der Waals surface area (Å²) in [6.45, 7) is 8.40. The van der Waals surface area contributed by atoms with Gasteiger partial charge in [-0.3, -0.25) is 9.89 Å². The van der Waals surface area contributed by atoms with Gasteiger partial charge < -0.3 is 10.6 Å². The monoisotopic (exact) mass is 413 g/mol. The number of piperidine rings is 1. The first-order valence-electron chi connectivity index (χ1n) is 10.9. The molecule has 158 valence electrons. The van der Waals surface area contributed by atoms with Crippen LogP contribution in [0, 0.1) is 0 Å². The van der Waals surface area contributed by atoms with Gasteiger partial charge in [0.15, 0.2) is 5.96 Å². The Morgan fingerprint density at radius 2 is 2.07 bits per heavy atom. The van der Waals surface area contributed by atoms with Crippen LogP contribution in [0.4, 0.5) is 0 Å². The summed E-state index contributed by atoms with van der Waals surface area (Å²) in [6.07, 6.45) is 7.98. The second-order valence-electron chi connectivity index (χ2n) is 7.76. The number of hydrogen-bond acceptors (Lipinski definition) is 4. The first-order chi connectivity index (χ1) is 14.2. The van der Waals surface area contributed by atoms with Gasteiger partial charge in [0.05, 0.1) is 5.01 Å². The number of aryl methyl sites for hydroxylation is 1. The number of nitrogens with one attached hydrogen (secondary N) is 2. The van der Waals surface area contributed by atoms with E-state index in [4.69, 9.17) is 0 Å². The average molecular weight is 414 g/mol. The van der Waals surface area contributed by atoms with E-state index in [0.717, 1.165) is 38.4 Å². The van der Waals surface area contributed by atoms with Gasteiger partial charge in [-0.15, -0.1) is 11.3 Å². The molecule has 0 amide bonds. The molecule has 1 saturated heterocycles. The van der Waals surface area contributed by atoms with Crippen LogP contribution in [0.25, 0.3) is 0 Å². The van der Waals surface area contributed by atoms with E-state index in [9.17, 15) is 0 Å². The van der Waals surface area contributed by atoms with Crippen LogP contribution in [0.5, 0.6) is 0 Å². The molecule has 5 nitrogen and oxygen atoms in total. The lowest BCUT2D eigenvalue weighted by Gasteiger charge is -2.33. The Kier molecular flexibility index (Phi) is 8.50. The predicted molar refractivity (Wildman–Crippen MR) is 124 cm³/mol. The number of benzene rings is 1. The zero-order chi connectivity index (χ0) is 20.5. The highest BCUT2D eigenvalue weighted by Crippen LogP contribution is 2.20. The number of rotatable bonds is 8. The second-order valence-corrected chi connectivity index (χ2v) is 8.96. The number of thiazole rings is 1. The Hall–Kier alpha value is -1.92. The van der Waals surface area contributed by atoms with Gasteiger partial charge in [0.1, 0.15) is 0 Å². The number of hydrogen-bond donors (Lipinski definition) is 2. The van der Waals surface area contributed by atoms with Crippen molar-refractivity contribution < 1.29 is 0 Å². The number of guanidine groups is 1. The maximum Gasteiger partial charge on any atom is 0.191 e. The number of likely N-dealkylation sites (tertiary alicyclic amines) is 1. The van der Waals surface area contributed by atoms with Crippen LogP contribution in [0.2, 0.25) is 0 Å². The zero-order valence-corrected chi connectivity index (χ0v) is 18.9. The number of aromatic nitrogens is 1. The summed E-state index contributed by atoms with van der Waals surface area (Å²) in [5.41, 5.74) is 2.76. The SMILES string of the molecule is CCc1cnc(CCNC(=NC)NCc2ccccc2CN2CCCCC2C)s1. The Balaban J connectivity index is 1.50. The Bertz CT molecular complexity index is 785. The molecule has 2 aromatic rings. The fourth-order valence-corrected chi connectivity index (χ4v) is 4.67. The molecule has 1 atom stereocenters.